The maximum Gasteiger partial charge on any atom is 0.449 e. The van der Waals surface area contributed by atoms with E-state index in [0.29, 0.717) is 23.7 Å². The summed E-state index contributed by atoms with van der Waals surface area (Å²) in [7, 11) is 1.60. The summed E-state index contributed by atoms with van der Waals surface area (Å²) in [5, 5.41) is 0. The first-order chi connectivity index (χ1) is 17.3. The average molecular weight is 559 g/mol. The van der Waals surface area contributed by atoms with E-state index < -0.39 is 24.0 Å². The number of halogens is 4. The van der Waals surface area contributed by atoms with Crippen LogP contribution in [0.5, 0.6) is 17.2 Å². The van der Waals surface area contributed by atoms with Gasteiger partial charge < -0.3 is 18.9 Å². The molecule has 6 rings (SSSR count). The summed E-state index contributed by atoms with van der Waals surface area (Å²) in [5.41, 5.74) is 3.67. The summed E-state index contributed by atoms with van der Waals surface area (Å²) in [4.78, 5) is 0. The van der Waals surface area contributed by atoms with Crippen LogP contribution in [0.4, 0.5) is 13.2 Å². The Bertz CT molecular complexity index is 1320. The zero-order valence-corrected chi connectivity index (χ0v) is 20.8. The van der Waals surface area contributed by atoms with Gasteiger partial charge >= 0.3 is 6.18 Å². The van der Waals surface area contributed by atoms with Crippen molar-refractivity contribution in [3.05, 3.63) is 99.2 Å². The van der Waals surface area contributed by atoms with Crippen molar-refractivity contribution in [2.75, 3.05) is 13.9 Å². The van der Waals surface area contributed by atoms with Gasteiger partial charge in [-0.2, -0.15) is 13.2 Å². The van der Waals surface area contributed by atoms with Crippen LogP contribution < -0.4 is 14.2 Å². The Labute approximate surface area is 214 Å². The summed E-state index contributed by atoms with van der Waals surface area (Å²) in [6, 6.07) is 20.8. The summed E-state index contributed by atoms with van der Waals surface area (Å²) in [6.07, 6.45) is -4.94. The number of rotatable bonds is 3. The third kappa shape index (κ3) is 3.82. The fraction of sp³-hybridized carbons (Fsp3) is 0.286. The SMILES string of the molecule is COc1ccc([C@H]2C[C@H]3OC(C(F)(F)F)=C(Br)[C@@H](c4ccccc4)[C@@H]3c3cc4c(cc32)OCO4)cc1. The Kier molecular flexibility index (Phi) is 5.67. The minimum Gasteiger partial charge on any atom is -0.497 e. The molecule has 2 aliphatic heterocycles. The average Bonchev–Trinajstić information content (AvgIpc) is 3.34. The molecule has 0 bridgehead atoms. The molecule has 186 valence electrons. The van der Waals surface area contributed by atoms with Crippen LogP contribution in [0.15, 0.2) is 77.0 Å². The zero-order valence-electron chi connectivity index (χ0n) is 19.2. The third-order valence-corrected chi connectivity index (χ3v) is 8.09. The normalized spacial score (nSPS) is 24.6. The number of alkyl halides is 3. The van der Waals surface area contributed by atoms with Gasteiger partial charge in [0.15, 0.2) is 11.5 Å². The summed E-state index contributed by atoms with van der Waals surface area (Å²) < 4.78 is 64.9. The Morgan fingerprint density at radius 3 is 2.19 bits per heavy atom. The van der Waals surface area contributed by atoms with E-state index in [2.05, 4.69) is 15.9 Å². The number of hydrogen-bond donors (Lipinski definition) is 0. The van der Waals surface area contributed by atoms with Crippen molar-refractivity contribution in [1.82, 2.24) is 0 Å². The molecule has 0 radical (unpaired) electrons. The fourth-order valence-corrected chi connectivity index (χ4v) is 6.53. The fourth-order valence-electron chi connectivity index (χ4n) is 5.66. The summed E-state index contributed by atoms with van der Waals surface area (Å²) >= 11 is 3.31. The van der Waals surface area contributed by atoms with Gasteiger partial charge in [-0.15, -0.1) is 0 Å². The van der Waals surface area contributed by atoms with E-state index in [1.54, 1.807) is 7.11 Å². The summed E-state index contributed by atoms with van der Waals surface area (Å²) in [5.74, 6) is -0.132. The van der Waals surface area contributed by atoms with E-state index in [4.69, 9.17) is 18.9 Å². The van der Waals surface area contributed by atoms with Crippen LogP contribution in [-0.4, -0.2) is 26.2 Å². The lowest BCUT2D eigenvalue weighted by Crippen LogP contribution is -2.40. The molecule has 0 fully saturated rings. The maximum atomic E-state index is 14.2. The van der Waals surface area contributed by atoms with Crippen molar-refractivity contribution in [2.45, 2.75) is 36.5 Å². The lowest BCUT2D eigenvalue weighted by Gasteiger charge is -2.46. The van der Waals surface area contributed by atoms with Crippen molar-refractivity contribution in [1.29, 1.82) is 0 Å². The van der Waals surface area contributed by atoms with E-state index in [0.717, 1.165) is 22.3 Å². The molecule has 2 heterocycles. The molecule has 8 heteroatoms. The van der Waals surface area contributed by atoms with Crippen molar-refractivity contribution >= 4 is 15.9 Å². The minimum absolute atomic E-state index is 0.00830. The standard InChI is InChI=1S/C28H22BrF3O4/c1-33-17-9-7-15(8-10-17)18-11-23-25(20-13-22-21(12-19(18)20)34-14-35-22)24(16-5-3-2-4-6-16)26(29)27(36-23)28(30,31)32/h2-10,12-13,18,23-25H,11,14H2,1H3/t18-,23-,24+,25-/m1/s1. The van der Waals surface area contributed by atoms with Crippen LogP contribution in [0.3, 0.4) is 0 Å². The molecule has 36 heavy (non-hydrogen) atoms. The first-order valence-corrected chi connectivity index (χ1v) is 12.4. The summed E-state index contributed by atoms with van der Waals surface area (Å²) in [6.45, 7) is 0.111. The molecule has 0 saturated heterocycles. The van der Waals surface area contributed by atoms with Gasteiger partial charge in [-0.05, 0) is 52.9 Å². The first-order valence-electron chi connectivity index (χ1n) is 11.6. The van der Waals surface area contributed by atoms with E-state index in [1.165, 1.54) is 0 Å². The second-order valence-corrected chi connectivity index (χ2v) is 10.00. The number of hydrogen-bond acceptors (Lipinski definition) is 4. The molecule has 3 aromatic rings. The first kappa shape index (κ1) is 23.3. The molecular formula is C28H22BrF3O4. The van der Waals surface area contributed by atoms with E-state index in [9.17, 15) is 13.2 Å². The van der Waals surface area contributed by atoms with Gasteiger partial charge in [-0.1, -0.05) is 58.4 Å². The molecular weight excluding hydrogens is 537 g/mol. The van der Waals surface area contributed by atoms with Crippen LogP contribution in [0.2, 0.25) is 0 Å². The molecule has 3 aromatic carbocycles. The van der Waals surface area contributed by atoms with Gasteiger partial charge in [-0.25, -0.2) is 0 Å². The van der Waals surface area contributed by atoms with Gasteiger partial charge in [0, 0.05) is 17.8 Å². The molecule has 3 aliphatic rings. The molecule has 0 saturated carbocycles. The second-order valence-electron chi connectivity index (χ2n) is 9.14. The molecule has 0 spiro atoms. The lowest BCUT2D eigenvalue weighted by molar-refractivity contribution is -0.149. The Morgan fingerprint density at radius 1 is 0.889 bits per heavy atom. The second kappa shape index (κ2) is 8.76. The van der Waals surface area contributed by atoms with E-state index in [-0.39, 0.29) is 23.1 Å². The lowest BCUT2D eigenvalue weighted by atomic mass is 9.65. The molecule has 4 atom stereocenters. The highest BCUT2D eigenvalue weighted by Crippen LogP contribution is 2.59. The highest BCUT2D eigenvalue weighted by atomic mass is 79.9. The van der Waals surface area contributed by atoms with E-state index >= 15 is 0 Å². The van der Waals surface area contributed by atoms with Gasteiger partial charge in [0.1, 0.15) is 11.9 Å². The van der Waals surface area contributed by atoms with Gasteiger partial charge in [0.05, 0.1) is 11.6 Å². The topological polar surface area (TPSA) is 36.9 Å². The predicted octanol–water partition coefficient (Wildman–Crippen LogP) is 7.39. The zero-order chi connectivity index (χ0) is 25.0. The van der Waals surface area contributed by atoms with Crippen LogP contribution >= 0.6 is 15.9 Å². The minimum atomic E-state index is -4.62. The van der Waals surface area contributed by atoms with Gasteiger partial charge in [-0.3, -0.25) is 0 Å². The van der Waals surface area contributed by atoms with Gasteiger partial charge in [0.25, 0.3) is 0 Å². The largest absolute Gasteiger partial charge is 0.497 e. The van der Waals surface area contributed by atoms with Crippen molar-refractivity contribution in [3.63, 3.8) is 0 Å². The smallest absolute Gasteiger partial charge is 0.449 e. The number of methoxy groups -OCH3 is 1. The molecule has 0 amide bonds. The van der Waals surface area contributed by atoms with Crippen LogP contribution in [0, 0.1) is 0 Å². The van der Waals surface area contributed by atoms with Gasteiger partial charge in [0.2, 0.25) is 12.6 Å². The van der Waals surface area contributed by atoms with Crippen LogP contribution in [0.1, 0.15) is 46.4 Å². The highest BCUT2D eigenvalue weighted by molar-refractivity contribution is 9.11. The third-order valence-electron chi connectivity index (χ3n) is 7.23. The Balaban J connectivity index is 1.56. The number of allylic oxidation sites excluding steroid dienone is 2. The molecule has 0 unspecified atom stereocenters. The quantitative estimate of drug-likeness (QED) is 0.335. The van der Waals surface area contributed by atoms with Crippen molar-refractivity contribution in [2.24, 2.45) is 0 Å². The molecule has 4 nitrogen and oxygen atoms in total. The Hall–Kier alpha value is -3.13. The van der Waals surface area contributed by atoms with E-state index in [1.807, 2.05) is 66.7 Å². The number of benzene rings is 3. The Morgan fingerprint density at radius 2 is 1.56 bits per heavy atom. The number of fused-ring (bicyclic) bond motifs is 4. The van der Waals surface area contributed by atoms with Crippen molar-refractivity contribution < 1.29 is 32.1 Å². The number of ether oxygens (including phenoxy) is 4. The monoisotopic (exact) mass is 558 g/mol. The predicted molar refractivity (Wildman–Crippen MR) is 131 cm³/mol. The van der Waals surface area contributed by atoms with Crippen molar-refractivity contribution in [3.8, 4) is 17.2 Å². The maximum absolute atomic E-state index is 14.2. The van der Waals surface area contributed by atoms with Crippen LogP contribution in [0.25, 0.3) is 0 Å². The highest BCUT2D eigenvalue weighted by Gasteiger charge is 2.52. The molecule has 1 aliphatic carbocycles. The molecule has 0 N–H and O–H groups in total. The molecule has 0 aromatic heterocycles. The van der Waals surface area contributed by atoms with Crippen LogP contribution in [-0.2, 0) is 4.74 Å².